The molecule has 4 rings (SSSR count). The third-order valence-corrected chi connectivity index (χ3v) is 5.66. The minimum absolute atomic E-state index is 0.0114. The summed E-state index contributed by atoms with van der Waals surface area (Å²) >= 11 is 6.19. The first-order valence-electron chi connectivity index (χ1n) is 9.16. The molecule has 1 aliphatic rings. The molecule has 0 fully saturated rings. The average Bonchev–Trinajstić information content (AvgIpc) is 2.91. The molecule has 0 spiro atoms. The predicted molar refractivity (Wildman–Crippen MR) is 110 cm³/mol. The van der Waals surface area contributed by atoms with Crippen molar-refractivity contribution >= 4 is 11.6 Å². The molecule has 0 heterocycles. The minimum atomic E-state index is -0.459. The molecule has 1 unspecified atom stereocenters. The highest BCUT2D eigenvalue weighted by Gasteiger charge is 2.26. The Morgan fingerprint density at radius 3 is 2.37 bits per heavy atom. The quantitative estimate of drug-likeness (QED) is 0.442. The lowest BCUT2D eigenvalue weighted by atomic mass is 9.87. The number of hydrogen-bond donors (Lipinski definition) is 0. The van der Waals surface area contributed by atoms with Crippen LogP contribution in [0.3, 0.4) is 0 Å². The number of fused-ring (bicyclic) bond motifs is 3. The molecule has 0 aromatic heterocycles. The van der Waals surface area contributed by atoms with Crippen molar-refractivity contribution in [3.8, 4) is 22.6 Å². The summed E-state index contributed by atoms with van der Waals surface area (Å²) in [5, 5.41) is 0.0114. The number of benzene rings is 3. The largest absolute Gasteiger partial charge is 0.456 e. The molecule has 3 aromatic rings. The van der Waals surface area contributed by atoms with Crippen molar-refractivity contribution < 1.29 is 9.13 Å². The van der Waals surface area contributed by atoms with Crippen LogP contribution in [-0.2, 0) is 5.41 Å². The molecular formula is C24H22ClFO. The first kappa shape index (κ1) is 18.1. The van der Waals surface area contributed by atoms with Gasteiger partial charge in [-0.3, -0.25) is 0 Å². The molecule has 0 saturated carbocycles. The summed E-state index contributed by atoms with van der Waals surface area (Å²) in [6, 6.07) is 17.8. The van der Waals surface area contributed by atoms with Crippen LogP contribution in [0.1, 0.15) is 50.3 Å². The Morgan fingerprint density at radius 1 is 0.926 bits per heavy atom. The summed E-state index contributed by atoms with van der Waals surface area (Å²) in [6.45, 7) is 8.32. The molecular weight excluding hydrogens is 359 g/mol. The van der Waals surface area contributed by atoms with Crippen molar-refractivity contribution in [2.75, 3.05) is 0 Å². The van der Waals surface area contributed by atoms with E-state index in [2.05, 4.69) is 31.2 Å². The molecule has 3 heteroatoms. The van der Waals surface area contributed by atoms with Crippen LogP contribution in [0.15, 0.2) is 54.6 Å². The molecule has 0 aliphatic heterocycles. The van der Waals surface area contributed by atoms with E-state index in [0.29, 0.717) is 17.4 Å². The maximum absolute atomic E-state index is 14.3. The Labute approximate surface area is 164 Å². The molecule has 27 heavy (non-hydrogen) atoms. The Bertz CT molecular complexity index is 1030. The van der Waals surface area contributed by atoms with Gasteiger partial charge in [-0.1, -0.05) is 69.6 Å². The summed E-state index contributed by atoms with van der Waals surface area (Å²) in [6.07, 6.45) is 0. The number of rotatable bonds is 2. The molecule has 1 atom stereocenters. The highest BCUT2D eigenvalue weighted by atomic mass is 35.5. The highest BCUT2D eigenvalue weighted by molar-refractivity contribution is 6.32. The minimum Gasteiger partial charge on any atom is -0.456 e. The number of ether oxygens (including phenoxy) is 1. The summed E-state index contributed by atoms with van der Waals surface area (Å²) in [4.78, 5) is 0. The zero-order valence-corrected chi connectivity index (χ0v) is 16.7. The molecule has 1 aliphatic carbocycles. The average molecular weight is 381 g/mol. The fraction of sp³-hybridized carbons (Fsp3) is 0.250. The SMILES string of the molecule is CC1c2ccccc2-c2cc(Oc3cc(C(C)(C)C)cc(F)c3Cl)ccc21. The normalized spacial score (nSPS) is 15.4. The van der Waals surface area contributed by atoms with Crippen LogP contribution in [0.4, 0.5) is 4.39 Å². The van der Waals surface area contributed by atoms with Gasteiger partial charge in [0.2, 0.25) is 0 Å². The Balaban J connectivity index is 1.75. The summed E-state index contributed by atoms with van der Waals surface area (Å²) in [5.74, 6) is 0.903. The number of halogens is 2. The van der Waals surface area contributed by atoms with Gasteiger partial charge >= 0.3 is 0 Å². The summed E-state index contributed by atoms with van der Waals surface area (Å²) in [5.41, 5.74) is 5.65. The van der Waals surface area contributed by atoms with Gasteiger partial charge in [-0.15, -0.1) is 0 Å². The fourth-order valence-electron chi connectivity index (χ4n) is 3.70. The smallest absolute Gasteiger partial charge is 0.149 e. The molecule has 3 aromatic carbocycles. The van der Waals surface area contributed by atoms with E-state index in [1.54, 1.807) is 0 Å². The van der Waals surface area contributed by atoms with Gasteiger partial charge in [0.05, 0.1) is 0 Å². The van der Waals surface area contributed by atoms with Crippen molar-refractivity contribution in [1.82, 2.24) is 0 Å². The lowest BCUT2D eigenvalue weighted by Crippen LogP contribution is -2.11. The van der Waals surface area contributed by atoms with Crippen molar-refractivity contribution in [2.24, 2.45) is 0 Å². The van der Waals surface area contributed by atoms with Crippen LogP contribution in [-0.4, -0.2) is 0 Å². The van der Waals surface area contributed by atoms with Crippen molar-refractivity contribution in [3.05, 3.63) is 82.1 Å². The molecule has 0 amide bonds. The van der Waals surface area contributed by atoms with E-state index >= 15 is 0 Å². The molecule has 138 valence electrons. The van der Waals surface area contributed by atoms with E-state index in [-0.39, 0.29) is 10.4 Å². The fourth-order valence-corrected chi connectivity index (χ4v) is 3.84. The van der Waals surface area contributed by atoms with Crippen LogP contribution < -0.4 is 4.74 Å². The zero-order valence-electron chi connectivity index (χ0n) is 15.9. The lowest BCUT2D eigenvalue weighted by Gasteiger charge is -2.21. The second kappa shape index (κ2) is 6.38. The third-order valence-electron chi connectivity index (χ3n) is 5.30. The maximum atomic E-state index is 14.3. The summed E-state index contributed by atoms with van der Waals surface area (Å²) < 4.78 is 20.4. The van der Waals surface area contributed by atoms with E-state index in [1.807, 2.05) is 45.0 Å². The van der Waals surface area contributed by atoms with E-state index < -0.39 is 5.82 Å². The van der Waals surface area contributed by atoms with Crippen molar-refractivity contribution in [3.63, 3.8) is 0 Å². The van der Waals surface area contributed by atoms with Gasteiger partial charge in [0.15, 0.2) is 0 Å². The van der Waals surface area contributed by atoms with Crippen LogP contribution in [0.25, 0.3) is 11.1 Å². The second-order valence-corrected chi connectivity index (χ2v) is 8.56. The Hall–Kier alpha value is -2.32. The van der Waals surface area contributed by atoms with Gasteiger partial charge < -0.3 is 4.74 Å². The van der Waals surface area contributed by atoms with Crippen LogP contribution in [0.5, 0.6) is 11.5 Å². The first-order valence-corrected chi connectivity index (χ1v) is 9.54. The molecule has 0 radical (unpaired) electrons. The van der Waals surface area contributed by atoms with Crippen molar-refractivity contribution in [1.29, 1.82) is 0 Å². The van der Waals surface area contributed by atoms with Gasteiger partial charge in [-0.2, -0.15) is 0 Å². The zero-order chi connectivity index (χ0) is 19.3. The van der Waals surface area contributed by atoms with Gasteiger partial charge in [0.1, 0.15) is 22.3 Å². The Kier molecular flexibility index (Phi) is 4.27. The van der Waals surface area contributed by atoms with Gasteiger partial charge in [0, 0.05) is 5.92 Å². The van der Waals surface area contributed by atoms with Gasteiger partial charge in [0.25, 0.3) is 0 Å². The van der Waals surface area contributed by atoms with Crippen LogP contribution >= 0.6 is 11.6 Å². The van der Waals surface area contributed by atoms with Gasteiger partial charge in [-0.25, -0.2) is 4.39 Å². The highest BCUT2D eigenvalue weighted by Crippen LogP contribution is 2.46. The predicted octanol–water partition coefficient (Wildman–Crippen LogP) is 7.70. The topological polar surface area (TPSA) is 9.23 Å². The second-order valence-electron chi connectivity index (χ2n) is 8.18. The van der Waals surface area contributed by atoms with E-state index in [9.17, 15) is 4.39 Å². The summed E-state index contributed by atoms with van der Waals surface area (Å²) in [7, 11) is 0. The standard InChI is InChI=1S/C24H22ClFO/c1-14-17-7-5-6-8-19(17)20-13-16(9-10-18(14)20)27-22-12-15(24(2,3)4)11-21(26)23(22)25/h5-14H,1-4H3. The molecule has 0 bridgehead atoms. The third kappa shape index (κ3) is 3.12. The van der Waals surface area contributed by atoms with Crippen molar-refractivity contribution in [2.45, 2.75) is 39.0 Å². The lowest BCUT2D eigenvalue weighted by molar-refractivity contribution is 0.471. The maximum Gasteiger partial charge on any atom is 0.149 e. The van der Waals surface area contributed by atoms with Gasteiger partial charge in [-0.05, 0) is 57.5 Å². The molecule has 0 N–H and O–H groups in total. The molecule has 1 nitrogen and oxygen atoms in total. The van der Waals surface area contributed by atoms with Crippen LogP contribution in [0, 0.1) is 5.82 Å². The van der Waals surface area contributed by atoms with E-state index in [4.69, 9.17) is 16.3 Å². The monoisotopic (exact) mass is 380 g/mol. The van der Waals surface area contributed by atoms with Crippen LogP contribution in [0.2, 0.25) is 5.02 Å². The molecule has 0 saturated heterocycles. The van der Waals surface area contributed by atoms with E-state index in [0.717, 1.165) is 5.56 Å². The first-order chi connectivity index (χ1) is 12.8. The number of hydrogen-bond acceptors (Lipinski definition) is 1. The van der Waals surface area contributed by atoms with E-state index in [1.165, 1.54) is 28.3 Å². The Morgan fingerprint density at radius 2 is 1.63 bits per heavy atom.